The molecule has 1 fully saturated rings. The minimum absolute atomic E-state index is 0.637. The molecule has 0 radical (unpaired) electrons. The number of aryl methyl sites for hydroxylation is 2. The van der Waals surface area contributed by atoms with Crippen molar-refractivity contribution in [1.82, 2.24) is 14.9 Å². The predicted octanol–water partition coefficient (Wildman–Crippen LogP) is 4.36. The lowest BCUT2D eigenvalue weighted by Crippen LogP contribution is -2.35. The Kier molecular flexibility index (Phi) is 5.57. The first kappa shape index (κ1) is 20.0. The van der Waals surface area contributed by atoms with Crippen molar-refractivity contribution in [1.29, 1.82) is 0 Å². The Morgan fingerprint density at radius 1 is 0.968 bits per heavy atom. The van der Waals surface area contributed by atoms with Crippen molar-refractivity contribution in [3.8, 4) is 0 Å². The van der Waals surface area contributed by atoms with E-state index in [-0.39, 0.29) is 0 Å². The molecule has 31 heavy (non-hydrogen) atoms. The normalized spacial score (nSPS) is 16.4. The van der Waals surface area contributed by atoms with Gasteiger partial charge < -0.3 is 15.0 Å². The Morgan fingerprint density at radius 3 is 2.55 bits per heavy atom. The van der Waals surface area contributed by atoms with Crippen LogP contribution in [0, 0.1) is 13.8 Å². The van der Waals surface area contributed by atoms with Crippen molar-refractivity contribution in [3.63, 3.8) is 0 Å². The van der Waals surface area contributed by atoms with E-state index in [1.807, 2.05) is 6.20 Å². The van der Waals surface area contributed by atoms with Gasteiger partial charge in [0.15, 0.2) is 0 Å². The number of benzene rings is 2. The van der Waals surface area contributed by atoms with E-state index in [0.29, 0.717) is 5.95 Å². The van der Waals surface area contributed by atoms with Crippen molar-refractivity contribution >= 4 is 23.1 Å². The number of rotatable bonds is 5. The molecule has 0 bridgehead atoms. The van der Waals surface area contributed by atoms with E-state index < -0.39 is 0 Å². The van der Waals surface area contributed by atoms with Gasteiger partial charge in [0.2, 0.25) is 5.95 Å². The van der Waals surface area contributed by atoms with Crippen LogP contribution in [0.5, 0.6) is 0 Å². The fourth-order valence-electron chi connectivity index (χ4n) is 4.20. The topological polar surface area (TPSA) is 53.5 Å². The molecule has 160 valence electrons. The van der Waals surface area contributed by atoms with Crippen LogP contribution < -0.4 is 10.2 Å². The molecule has 6 nitrogen and oxygen atoms in total. The third kappa shape index (κ3) is 4.40. The second kappa shape index (κ2) is 8.65. The van der Waals surface area contributed by atoms with Gasteiger partial charge in [-0.15, -0.1) is 0 Å². The molecule has 5 rings (SSSR count). The third-order valence-corrected chi connectivity index (χ3v) is 6.22. The van der Waals surface area contributed by atoms with Gasteiger partial charge in [-0.2, -0.15) is 4.98 Å². The highest BCUT2D eigenvalue weighted by Gasteiger charge is 2.23. The summed E-state index contributed by atoms with van der Waals surface area (Å²) < 4.78 is 5.45. The highest BCUT2D eigenvalue weighted by atomic mass is 16.5. The van der Waals surface area contributed by atoms with E-state index in [9.17, 15) is 0 Å². The molecule has 0 amide bonds. The van der Waals surface area contributed by atoms with Gasteiger partial charge in [0.1, 0.15) is 5.82 Å². The third-order valence-electron chi connectivity index (χ3n) is 6.22. The molecule has 0 saturated carbocycles. The van der Waals surface area contributed by atoms with Crippen LogP contribution in [0.2, 0.25) is 0 Å². The van der Waals surface area contributed by atoms with E-state index >= 15 is 0 Å². The highest BCUT2D eigenvalue weighted by Crippen LogP contribution is 2.33. The average Bonchev–Trinajstić information content (AvgIpc) is 3.21. The van der Waals surface area contributed by atoms with Crippen LogP contribution in [0.15, 0.2) is 48.7 Å². The molecule has 1 N–H and O–H groups in total. The molecule has 1 aromatic heterocycles. The zero-order chi connectivity index (χ0) is 21.2. The number of morpholine rings is 1. The Hall–Kier alpha value is -2.96. The fourth-order valence-corrected chi connectivity index (χ4v) is 4.20. The van der Waals surface area contributed by atoms with Gasteiger partial charge in [-0.05, 0) is 61.2 Å². The average molecular weight is 416 g/mol. The summed E-state index contributed by atoms with van der Waals surface area (Å²) in [5.74, 6) is 1.64. The number of hydrogen-bond donors (Lipinski definition) is 1. The lowest BCUT2D eigenvalue weighted by Gasteiger charge is -2.26. The van der Waals surface area contributed by atoms with Gasteiger partial charge in [0.05, 0.1) is 13.2 Å². The van der Waals surface area contributed by atoms with Crippen molar-refractivity contribution < 1.29 is 4.74 Å². The smallest absolute Gasteiger partial charge is 0.229 e. The standard InChI is InChI=1S/C25H29N5O/c1-18-3-6-22(15-19(18)2)27-25-26-16-21-9-10-30(24(21)28-25)23-7-4-20(5-8-23)17-29-11-13-31-14-12-29/h3-8,15-16H,9-14,17H2,1-2H3,(H,26,27,28). The number of ether oxygens (including phenoxy) is 1. The summed E-state index contributed by atoms with van der Waals surface area (Å²) in [6.45, 7) is 9.83. The number of nitrogens with zero attached hydrogens (tertiary/aromatic N) is 4. The molecule has 2 aliphatic rings. The maximum Gasteiger partial charge on any atom is 0.229 e. The Balaban J connectivity index is 1.32. The molecular formula is C25H29N5O. The molecule has 2 aliphatic heterocycles. The van der Waals surface area contributed by atoms with Crippen molar-refractivity contribution in [2.24, 2.45) is 0 Å². The van der Waals surface area contributed by atoms with E-state index in [2.05, 4.69) is 76.4 Å². The molecule has 0 aliphatic carbocycles. The first-order valence-electron chi connectivity index (χ1n) is 11.0. The van der Waals surface area contributed by atoms with Gasteiger partial charge >= 0.3 is 0 Å². The molecule has 0 atom stereocenters. The second-order valence-electron chi connectivity index (χ2n) is 8.42. The molecule has 6 heteroatoms. The number of aromatic nitrogens is 2. The van der Waals surface area contributed by atoms with Crippen LogP contribution in [0.1, 0.15) is 22.3 Å². The van der Waals surface area contributed by atoms with E-state index in [1.165, 1.54) is 27.9 Å². The monoisotopic (exact) mass is 415 g/mol. The molecule has 0 unspecified atom stereocenters. The molecule has 2 aromatic carbocycles. The lowest BCUT2D eigenvalue weighted by molar-refractivity contribution is 0.0342. The highest BCUT2D eigenvalue weighted by molar-refractivity contribution is 5.68. The second-order valence-corrected chi connectivity index (χ2v) is 8.42. The summed E-state index contributed by atoms with van der Waals surface area (Å²) in [6, 6.07) is 15.2. The number of hydrogen-bond acceptors (Lipinski definition) is 6. The Labute approximate surface area is 183 Å². The van der Waals surface area contributed by atoms with Crippen LogP contribution in [0.25, 0.3) is 0 Å². The van der Waals surface area contributed by atoms with Crippen LogP contribution in [-0.2, 0) is 17.7 Å². The predicted molar refractivity (Wildman–Crippen MR) is 124 cm³/mol. The zero-order valence-corrected chi connectivity index (χ0v) is 18.3. The first-order valence-corrected chi connectivity index (χ1v) is 11.0. The van der Waals surface area contributed by atoms with Gasteiger partial charge in [0, 0.05) is 49.3 Å². The van der Waals surface area contributed by atoms with Crippen LogP contribution >= 0.6 is 0 Å². The SMILES string of the molecule is Cc1ccc(Nc2ncc3c(n2)N(c2ccc(CN4CCOCC4)cc2)CC3)cc1C. The molecule has 0 spiro atoms. The quantitative estimate of drug-likeness (QED) is 0.668. The first-order chi connectivity index (χ1) is 15.2. The van der Waals surface area contributed by atoms with E-state index in [4.69, 9.17) is 9.72 Å². The minimum Gasteiger partial charge on any atom is -0.379 e. The van der Waals surface area contributed by atoms with Gasteiger partial charge in [-0.25, -0.2) is 4.98 Å². The van der Waals surface area contributed by atoms with Gasteiger partial charge in [0.25, 0.3) is 0 Å². The van der Waals surface area contributed by atoms with E-state index in [0.717, 1.165) is 57.3 Å². The number of fused-ring (bicyclic) bond motifs is 1. The van der Waals surface area contributed by atoms with Gasteiger partial charge in [-0.1, -0.05) is 18.2 Å². The summed E-state index contributed by atoms with van der Waals surface area (Å²) >= 11 is 0. The number of nitrogens with one attached hydrogen (secondary N) is 1. The summed E-state index contributed by atoms with van der Waals surface area (Å²) in [5, 5.41) is 3.36. The summed E-state index contributed by atoms with van der Waals surface area (Å²) in [6.07, 6.45) is 2.92. The van der Waals surface area contributed by atoms with Crippen molar-refractivity contribution in [3.05, 3.63) is 70.9 Å². The summed E-state index contributed by atoms with van der Waals surface area (Å²) in [7, 11) is 0. The molecule has 3 heterocycles. The largest absolute Gasteiger partial charge is 0.379 e. The van der Waals surface area contributed by atoms with Crippen LogP contribution in [0.4, 0.5) is 23.1 Å². The Bertz CT molecular complexity index is 1060. The maximum absolute atomic E-state index is 5.45. The van der Waals surface area contributed by atoms with Crippen LogP contribution in [0.3, 0.4) is 0 Å². The zero-order valence-electron chi connectivity index (χ0n) is 18.3. The van der Waals surface area contributed by atoms with Gasteiger partial charge in [-0.3, -0.25) is 4.90 Å². The molecule has 1 saturated heterocycles. The fraction of sp³-hybridized carbons (Fsp3) is 0.360. The summed E-state index contributed by atoms with van der Waals surface area (Å²) in [5.41, 5.74) is 7.27. The number of anilines is 4. The van der Waals surface area contributed by atoms with Crippen molar-refractivity contribution in [2.75, 3.05) is 43.1 Å². The lowest BCUT2D eigenvalue weighted by atomic mass is 10.1. The Morgan fingerprint density at radius 2 is 1.77 bits per heavy atom. The minimum atomic E-state index is 0.637. The van der Waals surface area contributed by atoms with Crippen molar-refractivity contribution in [2.45, 2.75) is 26.8 Å². The maximum atomic E-state index is 5.45. The molecule has 3 aromatic rings. The molecular weight excluding hydrogens is 386 g/mol. The van der Waals surface area contributed by atoms with E-state index in [1.54, 1.807) is 0 Å². The summed E-state index contributed by atoms with van der Waals surface area (Å²) in [4.78, 5) is 14.1. The van der Waals surface area contributed by atoms with Crippen LogP contribution in [-0.4, -0.2) is 47.7 Å².